The van der Waals surface area contributed by atoms with Gasteiger partial charge in [0.25, 0.3) is 5.91 Å². The second-order valence-corrected chi connectivity index (χ2v) is 11.0. The number of benzene rings is 3. The molecule has 4 aromatic rings. The smallest absolute Gasteiger partial charge is 0.266 e. The lowest BCUT2D eigenvalue weighted by atomic mass is 10.1. The zero-order chi connectivity index (χ0) is 26.6. The van der Waals surface area contributed by atoms with Crippen molar-refractivity contribution < 1.29 is 9.53 Å². The first-order valence-electron chi connectivity index (χ1n) is 12.3. The van der Waals surface area contributed by atoms with Gasteiger partial charge in [-0.25, -0.2) is 4.68 Å². The number of ether oxygens (including phenoxy) is 1. The van der Waals surface area contributed by atoms with Crippen LogP contribution >= 0.6 is 35.6 Å². The first-order chi connectivity index (χ1) is 18.4. The van der Waals surface area contributed by atoms with Crippen LogP contribution in [0, 0.1) is 0 Å². The van der Waals surface area contributed by atoms with Crippen LogP contribution in [0.5, 0.6) is 5.75 Å². The maximum Gasteiger partial charge on any atom is 0.266 e. The van der Waals surface area contributed by atoms with Crippen molar-refractivity contribution in [1.29, 1.82) is 0 Å². The molecule has 8 heteroatoms. The first-order valence-corrected chi connectivity index (χ1v) is 13.9. The van der Waals surface area contributed by atoms with Crippen LogP contribution in [0.4, 0.5) is 0 Å². The molecule has 5 nitrogen and oxygen atoms in total. The van der Waals surface area contributed by atoms with Crippen molar-refractivity contribution in [3.8, 4) is 22.7 Å². The molecule has 2 heterocycles. The van der Waals surface area contributed by atoms with Crippen LogP contribution in [0.3, 0.4) is 0 Å². The molecule has 192 valence electrons. The van der Waals surface area contributed by atoms with Crippen molar-refractivity contribution in [2.75, 3.05) is 0 Å². The number of hydrogen-bond donors (Lipinski definition) is 0. The molecule has 0 bridgehead atoms. The summed E-state index contributed by atoms with van der Waals surface area (Å²) in [5.74, 6) is 0.670. The summed E-state index contributed by atoms with van der Waals surface area (Å²) in [4.78, 5) is 15.5. The Morgan fingerprint density at radius 2 is 1.76 bits per heavy atom. The Kier molecular flexibility index (Phi) is 7.98. The van der Waals surface area contributed by atoms with Gasteiger partial charge in [-0.2, -0.15) is 5.10 Å². The maximum absolute atomic E-state index is 13.2. The molecule has 1 saturated heterocycles. The Morgan fingerprint density at radius 3 is 2.47 bits per heavy atom. The minimum atomic E-state index is -0.0592. The van der Waals surface area contributed by atoms with Crippen molar-refractivity contribution in [2.45, 2.75) is 32.9 Å². The van der Waals surface area contributed by atoms with Crippen LogP contribution in [0.15, 0.2) is 90.0 Å². The highest BCUT2D eigenvalue weighted by Crippen LogP contribution is 2.36. The summed E-state index contributed by atoms with van der Waals surface area (Å²) >= 11 is 13.1. The number of amides is 1. The molecule has 5 rings (SSSR count). The molecule has 1 fully saturated rings. The van der Waals surface area contributed by atoms with Crippen LogP contribution in [0.1, 0.15) is 31.4 Å². The highest BCUT2D eigenvalue weighted by atomic mass is 35.5. The minimum absolute atomic E-state index is 0.0539. The lowest BCUT2D eigenvalue weighted by Gasteiger charge is -2.21. The van der Waals surface area contributed by atoms with E-state index in [1.807, 2.05) is 103 Å². The van der Waals surface area contributed by atoms with E-state index in [2.05, 4.69) is 6.92 Å². The predicted octanol–water partition coefficient (Wildman–Crippen LogP) is 7.77. The minimum Gasteiger partial charge on any atom is -0.489 e. The number of hydrogen-bond acceptors (Lipinski definition) is 5. The van der Waals surface area contributed by atoms with Gasteiger partial charge in [-0.15, -0.1) is 0 Å². The van der Waals surface area contributed by atoms with Gasteiger partial charge < -0.3 is 4.74 Å². The molecule has 0 spiro atoms. The van der Waals surface area contributed by atoms with E-state index in [0.29, 0.717) is 20.9 Å². The van der Waals surface area contributed by atoms with Crippen molar-refractivity contribution in [3.63, 3.8) is 0 Å². The van der Waals surface area contributed by atoms with Gasteiger partial charge in [0.1, 0.15) is 16.7 Å². The van der Waals surface area contributed by atoms with Gasteiger partial charge in [0.15, 0.2) is 0 Å². The fraction of sp³-hybridized carbons (Fsp3) is 0.167. The number of rotatable bonds is 8. The number of thiocarbonyl (C=S) groups is 1. The molecular formula is C30H26ClN3O2S2. The third kappa shape index (κ3) is 5.55. The first kappa shape index (κ1) is 26.2. The Balaban J connectivity index is 1.46. The molecule has 1 unspecified atom stereocenters. The second kappa shape index (κ2) is 11.6. The van der Waals surface area contributed by atoms with E-state index in [4.69, 9.17) is 33.7 Å². The van der Waals surface area contributed by atoms with Gasteiger partial charge >= 0.3 is 0 Å². The molecule has 0 saturated carbocycles. The Labute approximate surface area is 237 Å². The van der Waals surface area contributed by atoms with Crippen LogP contribution in [-0.2, 0) is 11.4 Å². The monoisotopic (exact) mass is 559 g/mol. The van der Waals surface area contributed by atoms with Gasteiger partial charge in [-0.1, -0.05) is 78.9 Å². The number of thioether (sulfide) groups is 1. The zero-order valence-electron chi connectivity index (χ0n) is 21.0. The Hall–Kier alpha value is -3.39. The molecule has 1 atom stereocenters. The average Bonchev–Trinajstić information content (AvgIpc) is 3.48. The lowest BCUT2D eigenvalue weighted by Crippen LogP contribution is -2.36. The summed E-state index contributed by atoms with van der Waals surface area (Å²) in [6.07, 6.45) is 4.68. The molecule has 1 aliphatic rings. The normalized spacial score (nSPS) is 15.3. The molecule has 1 aliphatic heterocycles. The predicted molar refractivity (Wildman–Crippen MR) is 160 cm³/mol. The van der Waals surface area contributed by atoms with Gasteiger partial charge in [0.05, 0.1) is 16.3 Å². The lowest BCUT2D eigenvalue weighted by molar-refractivity contribution is -0.123. The van der Waals surface area contributed by atoms with Gasteiger partial charge in [-0.3, -0.25) is 9.69 Å². The fourth-order valence-corrected chi connectivity index (χ4v) is 5.74. The zero-order valence-corrected chi connectivity index (χ0v) is 23.4. The SMILES string of the molecule is CCC(C)N1C(=O)/C(=C/c2cn(-c3ccccc3)nc2-c2ccc(OCc3ccccc3Cl)cc2)SC1=S. The molecular weight excluding hydrogens is 534 g/mol. The Bertz CT molecular complexity index is 1500. The van der Waals surface area contributed by atoms with E-state index in [-0.39, 0.29) is 11.9 Å². The molecule has 38 heavy (non-hydrogen) atoms. The largest absolute Gasteiger partial charge is 0.489 e. The summed E-state index contributed by atoms with van der Waals surface area (Å²) in [5, 5.41) is 5.57. The van der Waals surface area contributed by atoms with E-state index in [9.17, 15) is 4.79 Å². The van der Waals surface area contributed by atoms with Gasteiger partial charge in [0, 0.05) is 34.0 Å². The quantitative estimate of drug-likeness (QED) is 0.163. The molecule has 1 amide bonds. The number of halogens is 1. The van der Waals surface area contributed by atoms with Crippen molar-refractivity contribution in [2.24, 2.45) is 0 Å². The van der Waals surface area contributed by atoms with E-state index >= 15 is 0 Å². The molecule has 3 aromatic carbocycles. The maximum atomic E-state index is 13.2. The van der Waals surface area contributed by atoms with Crippen LogP contribution in [0.25, 0.3) is 23.0 Å². The molecule has 1 aromatic heterocycles. The summed E-state index contributed by atoms with van der Waals surface area (Å²) in [7, 11) is 0. The van der Waals surface area contributed by atoms with Crippen molar-refractivity contribution in [1.82, 2.24) is 14.7 Å². The number of aromatic nitrogens is 2. The molecule has 0 aliphatic carbocycles. The topological polar surface area (TPSA) is 47.4 Å². The number of carbonyl (C=O) groups is 1. The third-order valence-electron chi connectivity index (χ3n) is 6.38. The van der Waals surface area contributed by atoms with E-state index < -0.39 is 0 Å². The van der Waals surface area contributed by atoms with Crippen LogP contribution < -0.4 is 4.74 Å². The summed E-state index contributed by atoms with van der Waals surface area (Å²) in [6, 6.07) is 25.4. The standard InChI is InChI=1S/C30H26ClN3O2S2/c1-3-20(2)34-29(35)27(38-30(34)37)17-23-18-33(24-10-5-4-6-11-24)32-28(23)21-13-15-25(16-14-21)36-19-22-9-7-8-12-26(22)31/h4-18,20H,3,19H2,1-2H3/b27-17-. The van der Waals surface area contributed by atoms with Crippen molar-refractivity contribution in [3.05, 3.63) is 106 Å². The molecule has 0 N–H and O–H groups in total. The summed E-state index contributed by atoms with van der Waals surface area (Å²) < 4.78 is 8.38. The third-order valence-corrected chi connectivity index (χ3v) is 8.08. The highest BCUT2D eigenvalue weighted by molar-refractivity contribution is 8.26. The van der Waals surface area contributed by atoms with Gasteiger partial charge in [-0.05, 0) is 61.9 Å². The van der Waals surface area contributed by atoms with E-state index in [1.165, 1.54) is 11.8 Å². The summed E-state index contributed by atoms with van der Waals surface area (Å²) in [6.45, 7) is 4.45. The van der Waals surface area contributed by atoms with E-state index in [1.54, 1.807) is 4.90 Å². The van der Waals surface area contributed by atoms with Crippen LogP contribution in [-0.4, -0.2) is 30.9 Å². The van der Waals surface area contributed by atoms with Gasteiger partial charge in [0.2, 0.25) is 0 Å². The average molecular weight is 560 g/mol. The van der Waals surface area contributed by atoms with Crippen molar-refractivity contribution >= 4 is 51.9 Å². The van der Waals surface area contributed by atoms with Crippen LogP contribution in [0.2, 0.25) is 5.02 Å². The van der Waals surface area contributed by atoms with E-state index in [0.717, 1.165) is 40.2 Å². The fourth-order valence-electron chi connectivity index (χ4n) is 4.10. The Morgan fingerprint density at radius 1 is 1.05 bits per heavy atom. The molecule has 0 radical (unpaired) electrons. The number of para-hydroxylation sites is 1. The summed E-state index contributed by atoms with van der Waals surface area (Å²) in [5.41, 5.74) is 4.37. The highest BCUT2D eigenvalue weighted by Gasteiger charge is 2.35. The number of nitrogens with zero attached hydrogens (tertiary/aromatic N) is 3. The number of carbonyl (C=O) groups excluding carboxylic acids is 1. The second-order valence-electron chi connectivity index (χ2n) is 8.93.